The summed E-state index contributed by atoms with van der Waals surface area (Å²) in [5, 5.41) is 39.4. The van der Waals surface area contributed by atoms with Crippen LogP contribution in [0, 0.1) is 0 Å². The smallest absolute Gasteiger partial charge is 0.362 e. The maximum Gasteiger partial charge on any atom is 0.362 e. The Labute approximate surface area is 242 Å². The number of phenolic OH excluding ortho intramolecular Hbond substituents is 1. The van der Waals surface area contributed by atoms with Gasteiger partial charge in [-0.15, -0.1) is 5.10 Å². The second-order valence-corrected chi connectivity index (χ2v) is 10.7. The number of para-hydroxylation sites is 1. The Hall–Kier alpha value is -5.01. The summed E-state index contributed by atoms with van der Waals surface area (Å²) in [4.78, 5) is 25.1. The van der Waals surface area contributed by atoms with Crippen LogP contribution in [0.1, 0.15) is 16.6 Å². The lowest BCUT2D eigenvalue weighted by molar-refractivity contribution is -0.0468. The third kappa shape index (κ3) is 5.47. The van der Waals surface area contributed by atoms with E-state index in [9.17, 15) is 28.5 Å². The zero-order valence-corrected chi connectivity index (χ0v) is 22.7. The van der Waals surface area contributed by atoms with E-state index >= 15 is 0 Å². The number of fused-ring (bicyclic) bond motifs is 1. The quantitative estimate of drug-likeness (QED) is 0.151. The van der Waals surface area contributed by atoms with Crippen LogP contribution in [0.15, 0.2) is 67.1 Å². The molecule has 0 saturated carbocycles. The summed E-state index contributed by atoms with van der Waals surface area (Å²) < 4.78 is 39.6. The van der Waals surface area contributed by atoms with Crippen LogP contribution >= 0.6 is 0 Å². The molecule has 2 aromatic carbocycles. The van der Waals surface area contributed by atoms with Gasteiger partial charge in [0.15, 0.2) is 17.7 Å². The van der Waals surface area contributed by atoms with Gasteiger partial charge in [-0.1, -0.05) is 47.7 Å². The molecule has 1 fully saturated rings. The molecule has 0 spiro atoms. The van der Waals surface area contributed by atoms with Gasteiger partial charge in [0.1, 0.15) is 35.3 Å². The SMILES string of the molecule is Nc1nc(-n2cc(-c3ccccc3)nn2)nc2c1ncn2C1OC(COS(=O)(=O)NC(=O)c2ccccc2O)C(O)C1O. The number of hydrogen-bond acceptors (Lipinski definition) is 14. The first kappa shape index (κ1) is 28.1. The standard InChI is InChI=1S/C25H23N9O8S/c26-21-18-22(29-25(28-21)34-10-15(30-32-34)13-6-2-1-3-7-13)33(12-27-18)24-20(37)19(36)17(42-24)11-41-43(39,40)31-23(38)14-8-4-5-9-16(14)35/h1-10,12,17,19-20,24,35-37H,11H2,(H,31,38)(H2,26,28,29). The number of nitrogen functional groups attached to an aromatic ring is 1. The number of carbonyl (C=O) groups excluding carboxylic acids is 1. The van der Waals surface area contributed by atoms with Crippen LogP contribution in [0.3, 0.4) is 0 Å². The van der Waals surface area contributed by atoms with E-state index in [2.05, 4.69) is 25.3 Å². The van der Waals surface area contributed by atoms with Gasteiger partial charge in [0, 0.05) is 5.56 Å². The van der Waals surface area contributed by atoms with E-state index < -0.39 is 53.1 Å². The van der Waals surface area contributed by atoms with Crippen molar-refractivity contribution < 1.29 is 37.5 Å². The van der Waals surface area contributed by atoms with Crippen molar-refractivity contribution in [1.29, 1.82) is 0 Å². The highest BCUT2D eigenvalue weighted by atomic mass is 32.2. The molecule has 6 rings (SSSR count). The number of amides is 1. The highest BCUT2D eigenvalue weighted by Gasteiger charge is 2.45. The van der Waals surface area contributed by atoms with Crippen LogP contribution in [0.2, 0.25) is 0 Å². The number of imidazole rings is 1. The third-order valence-electron chi connectivity index (χ3n) is 6.57. The second-order valence-electron chi connectivity index (χ2n) is 9.38. The minimum absolute atomic E-state index is 0.00489. The van der Waals surface area contributed by atoms with Crippen molar-refractivity contribution in [3.05, 3.63) is 72.7 Å². The predicted molar refractivity (Wildman–Crippen MR) is 146 cm³/mol. The Morgan fingerprint density at radius 3 is 2.58 bits per heavy atom. The van der Waals surface area contributed by atoms with Gasteiger partial charge in [-0.05, 0) is 12.1 Å². The van der Waals surface area contributed by atoms with E-state index in [-0.39, 0.29) is 28.5 Å². The molecule has 1 aliphatic rings. The first-order valence-electron chi connectivity index (χ1n) is 12.6. The van der Waals surface area contributed by atoms with Gasteiger partial charge in [-0.25, -0.2) is 9.71 Å². The van der Waals surface area contributed by atoms with Crippen LogP contribution < -0.4 is 10.5 Å². The summed E-state index contributed by atoms with van der Waals surface area (Å²) in [5.41, 5.74) is 7.50. The number of aromatic nitrogens is 7. The predicted octanol–water partition coefficient (Wildman–Crippen LogP) is -0.328. The Morgan fingerprint density at radius 1 is 1.07 bits per heavy atom. The number of carbonyl (C=O) groups is 1. The number of nitrogens with one attached hydrogen (secondary N) is 1. The zero-order valence-electron chi connectivity index (χ0n) is 21.9. The van der Waals surface area contributed by atoms with Gasteiger partial charge in [-0.2, -0.15) is 23.1 Å². The number of hydrogen-bond donors (Lipinski definition) is 5. The molecular weight excluding hydrogens is 586 g/mol. The van der Waals surface area contributed by atoms with E-state index in [1.54, 1.807) is 10.9 Å². The number of ether oxygens (including phenoxy) is 1. The molecule has 1 saturated heterocycles. The van der Waals surface area contributed by atoms with E-state index in [0.29, 0.717) is 5.69 Å². The summed E-state index contributed by atoms with van der Waals surface area (Å²) in [6.45, 7) is -0.770. The van der Waals surface area contributed by atoms with Crippen molar-refractivity contribution in [1.82, 2.24) is 39.2 Å². The van der Waals surface area contributed by atoms with E-state index in [1.807, 2.05) is 30.3 Å². The molecule has 18 heteroatoms. The Morgan fingerprint density at radius 2 is 1.81 bits per heavy atom. The van der Waals surface area contributed by atoms with E-state index in [1.165, 1.54) is 39.8 Å². The van der Waals surface area contributed by atoms with Crippen molar-refractivity contribution >= 4 is 33.2 Å². The van der Waals surface area contributed by atoms with Crippen molar-refractivity contribution in [2.24, 2.45) is 0 Å². The average Bonchev–Trinajstić information content (AvgIpc) is 3.71. The van der Waals surface area contributed by atoms with Crippen LogP contribution in [0.4, 0.5) is 5.82 Å². The maximum absolute atomic E-state index is 12.4. The lowest BCUT2D eigenvalue weighted by Gasteiger charge is -2.16. The molecule has 1 amide bonds. The van der Waals surface area contributed by atoms with Crippen LogP contribution in [-0.4, -0.2) is 89.1 Å². The monoisotopic (exact) mass is 609 g/mol. The number of phenols is 1. The minimum atomic E-state index is -4.70. The first-order valence-corrected chi connectivity index (χ1v) is 14.0. The summed E-state index contributed by atoms with van der Waals surface area (Å²) in [5.74, 6) is -1.53. The highest BCUT2D eigenvalue weighted by Crippen LogP contribution is 2.33. The minimum Gasteiger partial charge on any atom is -0.507 e. The van der Waals surface area contributed by atoms with Crippen molar-refractivity contribution in [3.63, 3.8) is 0 Å². The van der Waals surface area contributed by atoms with Crippen LogP contribution in [-0.2, 0) is 19.2 Å². The molecule has 3 aromatic heterocycles. The number of benzene rings is 2. The average molecular weight is 610 g/mol. The number of nitrogens with two attached hydrogens (primary N) is 1. The zero-order chi connectivity index (χ0) is 30.3. The van der Waals surface area contributed by atoms with E-state index in [0.717, 1.165) is 5.56 Å². The molecule has 0 aliphatic carbocycles. The summed E-state index contributed by atoms with van der Waals surface area (Å²) in [6, 6.07) is 14.6. The molecule has 17 nitrogen and oxygen atoms in total. The number of anilines is 1. The first-order chi connectivity index (χ1) is 20.6. The number of rotatable bonds is 8. The molecule has 4 atom stereocenters. The molecule has 6 N–H and O–H groups in total. The number of nitrogens with zero attached hydrogens (tertiary/aromatic N) is 7. The largest absolute Gasteiger partial charge is 0.507 e. The highest BCUT2D eigenvalue weighted by molar-refractivity contribution is 7.85. The number of aliphatic hydroxyl groups excluding tert-OH is 2. The lowest BCUT2D eigenvalue weighted by Crippen LogP contribution is -2.37. The molecule has 222 valence electrons. The molecule has 43 heavy (non-hydrogen) atoms. The van der Waals surface area contributed by atoms with Gasteiger partial charge < -0.3 is 25.8 Å². The van der Waals surface area contributed by atoms with E-state index in [4.69, 9.17) is 14.7 Å². The molecule has 4 heterocycles. The van der Waals surface area contributed by atoms with Crippen LogP contribution in [0.25, 0.3) is 28.4 Å². The molecular formula is C25H23N9O8S. The fourth-order valence-electron chi connectivity index (χ4n) is 4.43. The molecule has 0 bridgehead atoms. The summed E-state index contributed by atoms with van der Waals surface area (Å²) in [7, 11) is -4.70. The molecule has 4 unspecified atom stereocenters. The third-order valence-corrected chi connectivity index (χ3v) is 7.45. The van der Waals surface area contributed by atoms with Gasteiger partial charge >= 0.3 is 10.3 Å². The maximum atomic E-state index is 12.4. The second kappa shape index (κ2) is 11.0. The van der Waals surface area contributed by atoms with Crippen LogP contribution in [0.5, 0.6) is 5.75 Å². The Kier molecular flexibility index (Phi) is 7.20. The van der Waals surface area contributed by atoms with Crippen molar-refractivity contribution in [2.75, 3.05) is 12.3 Å². The molecule has 5 aromatic rings. The topological polar surface area (TPSA) is 243 Å². The summed E-state index contributed by atoms with van der Waals surface area (Å²) in [6.07, 6.45) is -2.94. The number of aliphatic hydroxyl groups is 2. The lowest BCUT2D eigenvalue weighted by atomic mass is 10.1. The Balaban J connectivity index is 1.20. The summed E-state index contributed by atoms with van der Waals surface area (Å²) >= 11 is 0. The fraction of sp³-hybridized carbons (Fsp3) is 0.200. The molecule has 0 radical (unpaired) electrons. The van der Waals surface area contributed by atoms with Gasteiger partial charge in [0.05, 0.1) is 24.7 Å². The van der Waals surface area contributed by atoms with Crippen molar-refractivity contribution in [2.45, 2.75) is 24.5 Å². The van der Waals surface area contributed by atoms with Crippen molar-refractivity contribution in [3.8, 4) is 23.0 Å². The Bertz CT molecular complexity index is 1910. The number of aromatic hydroxyl groups is 1. The fourth-order valence-corrected chi connectivity index (χ4v) is 5.14. The van der Waals surface area contributed by atoms with Gasteiger partial charge in [0.25, 0.3) is 11.9 Å². The molecule has 1 aliphatic heterocycles. The van der Waals surface area contributed by atoms with Gasteiger partial charge in [0.2, 0.25) is 0 Å². The normalized spacial score (nSPS) is 20.4. The van der Waals surface area contributed by atoms with Gasteiger partial charge in [-0.3, -0.25) is 13.5 Å².